The lowest BCUT2D eigenvalue weighted by Gasteiger charge is -2.26. The van der Waals surface area contributed by atoms with E-state index in [2.05, 4.69) is 43.3 Å². The Labute approximate surface area is 91.3 Å². The van der Waals surface area contributed by atoms with Crippen molar-refractivity contribution in [2.24, 2.45) is 5.92 Å². The highest BCUT2D eigenvalue weighted by molar-refractivity contribution is 5.81. The van der Waals surface area contributed by atoms with Crippen molar-refractivity contribution >= 4 is 5.57 Å². The molecule has 0 heterocycles. The van der Waals surface area contributed by atoms with Gasteiger partial charge in [-0.1, -0.05) is 48.9 Å². The van der Waals surface area contributed by atoms with E-state index in [1.165, 1.54) is 36.0 Å². The van der Waals surface area contributed by atoms with E-state index < -0.39 is 0 Å². The van der Waals surface area contributed by atoms with Gasteiger partial charge in [0.05, 0.1) is 0 Å². The average molecular weight is 196 g/mol. The molecular weight excluding hydrogens is 180 g/mol. The fourth-order valence-corrected chi connectivity index (χ4v) is 2.75. The molecule has 0 fully saturated rings. The van der Waals surface area contributed by atoms with E-state index in [0.717, 1.165) is 5.92 Å². The predicted octanol–water partition coefficient (Wildman–Crippen LogP) is 3.98. The summed E-state index contributed by atoms with van der Waals surface area (Å²) in [6.07, 6.45) is 8.44. The van der Waals surface area contributed by atoms with Gasteiger partial charge in [0.1, 0.15) is 0 Å². The molecule has 0 bridgehead atoms. The Morgan fingerprint density at radius 1 is 1.13 bits per heavy atom. The van der Waals surface area contributed by atoms with Crippen molar-refractivity contribution in [3.8, 4) is 0 Å². The smallest absolute Gasteiger partial charge is 0.0152 e. The second kappa shape index (κ2) is 3.37. The summed E-state index contributed by atoms with van der Waals surface area (Å²) in [4.78, 5) is 0. The Balaban J connectivity index is 2.12. The van der Waals surface area contributed by atoms with Crippen LogP contribution >= 0.6 is 0 Å². The quantitative estimate of drug-likeness (QED) is 0.588. The van der Waals surface area contributed by atoms with Crippen LogP contribution in [0.2, 0.25) is 0 Å². The second-order valence-electron chi connectivity index (χ2n) is 4.71. The largest absolute Gasteiger partial charge is 0.0808 e. The molecule has 0 N–H and O–H groups in total. The van der Waals surface area contributed by atoms with Crippen LogP contribution in [0.1, 0.15) is 30.9 Å². The Bertz CT molecular complexity index is 449. The summed E-state index contributed by atoms with van der Waals surface area (Å²) in [5.74, 6) is 0.731. The van der Waals surface area contributed by atoms with Crippen molar-refractivity contribution in [2.75, 3.05) is 0 Å². The van der Waals surface area contributed by atoms with E-state index >= 15 is 0 Å². The maximum absolute atomic E-state index is 2.35. The highest BCUT2D eigenvalue weighted by atomic mass is 14.2. The summed E-state index contributed by atoms with van der Waals surface area (Å²) in [5.41, 5.74) is 6.18. The van der Waals surface area contributed by atoms with Crippen LogP contribution < -0.4 is 0 Å². The highest BCUT2D eigenvalue weighted by Gasteiger charge is 2.20. The molecule has 3 rings (SSSR count). The van der Waals surface area contributed by atoms with Gasteiger partial charge in [0.15, 0.2) is 0 Å². The first-order chi connectivity index (χ1) is 7.34. The van der Waals surface area contributed by atoms with Gasteiger partial charge in [0.2, 0.25) is 0 Å². The number of hydrogen-bond acceptors (Lipinski definition) is 0. The van der Waals surface area contributed by atoms with Crippen molar-refractivity contribution in [1.29, 1.82) is 0 Å². The maximum atomic E-state index is 2.35. The molecule has 0 saturated heterocycles. The Kier molecular flexibility index (Phi) is 2.02. The molecule has 15 heavy (non-hydrogen) atoms. The third-order valence-corrected chi connectivity index (χ3v) is 3.54. The second-order valence-corrected chi connectivity index (χ2v) is 4.71. The fraction of sp³-hybridized carbons (Fsp3) is 0.333. The summed E-state index contributed by atoms with van der Waals surface area (Å²) in [5, 5.41) is 0. The molecule has 0 aliphatic heterocycles. The number of benzene rings is 1. The first-order valence-corrected chi connectivity index (χ1v) is 5.83. The standard InChI is InChI=1S/C15H16/c1-11-6-9-15-13(10-11)8-7-12-4-2-3-5-14(12)15/h2-6,9,11H,7-8,10H2,1H3. The molecule has 0 spiro atoms. The van der Waals surface area contributed by atoms with E-state index in [0.29, 0.717) is 0 Å². The number of fused-ring (bicyclic) bond motifs is 2. The van der Waals surface area contributed by atoms with Gasteiger partial charge in [-0.05, 0) is 41.9 Å². The van der Waals surface area contributed by atoms with E-state index in [4.69, 9.17) is 0 Å². The summed E-state index contributed by atoms with van der Waals surface area (Å²) in [6, 6.07) is 8.84. The van der Waals surface area contributed by atoms with E-state index in [-0.39, 0.29) is 0 Å². The van der Waals surface area contributed by atoms with Gasteiger partial charge in [-0.2, -0.15) is 0 Å². The third kappa shape index (κ3) is 1.45. The zero-order chi connectivity index (χ0) is 10.3. The summed E-state index contributed by atoms with van der Waals surface area (Å²) < 4.78 is 0. The molecule has 1 aromatic carbocycles. The lowest BCUT2D eigenvalue weighted by atomic mass is 9.79. The number of aryl methyl sites for hydroxylation is 1. The lowest BCUT2D eigenvalue weighted by molar-refractivity contribution is 0.676. The van der Waals surface area contributed by atoms with Crippen LogP contribution in [-0.2, 0) is 6.42 Å². The lowest BCUT2D eigenvalue weighted by Crippen LogP contribution is -2.09. The third-order valence-electron chi connectivity index (χ3n) is 3.54. The van der Waals surface area contributed by atoms with Crippen LogP contribution in [0.25, 0.3) is 5.57 Å². The molecule has 0 heteroatoms. The number of rotatable bonds is 0. The van der Waals surface area contributed by atoms with Gasteiger partial charge < -0.3 is 0 Å². The molecule has 0 saturated carbocycles. The van der Waals surface area contributed by atoms with Gasteiger partial charge >= 0.3 is 0 Å². The summed E-state index contributed by atoms with van der Waals surface area (Å²) >= 11 is 0. The zero-order valence-electron chi connectivity index (χ0n) is 9.16. The molecule has 0 aromatic heterocycles. The predicted molar refractivity (Wildman–Crippen MR) is 64.6 cm³/mol. The SMILES string of the molecule is CC1C=CC2=C(CCc3ccccc32)C1. The highest BCUT2D eigenvalue weighted by Crippen LogP contribution is 2.38. The molecule has 1 atom stereocenters. The van der Waals surface area contributed by atoms with Crippen molar-refractivity contribution < 1.29 is 0 Å². The first kappa shape index (κ1) is 8.96. The van der Waals surface area contributed by atoms with Crippen molar-refractivity contribution in [3.05, 3.63) is 53.1 Å². The minimum absolute atomic E-state index is 0.731. The van der Waals surface area contributed by atoms with Gasteiger partial charge in [0.25, 0.3) is 0 Å². The Hall–Kier alpha value is -1.30. The van der Waals surface area contributed by atoms with Crippen LogP contribution in [0.3, 0.4) is 0 Å². The monoisotopic (exact) mass is 196 g/mol. The van der Waals surface area contributed by atoms with Crippen LogP contribution in [0.4, 0.5) is 0 Å². The maximum Gasteiger partial charge on any atom is -0.0152 e. The number of allylic oxidation sites excluding steroid dienone is 4. The van der Waals surface area contributed by atoms with Gasteiger partial charge in [-0.15, -0.1) is 0 Å². The van der Waals surface area contributed by atoms with Gasteiger partial charge in [-0.3, -0.25) is 0 Å². The molecule has 1 unspecified atom stereocenters. The van der Waals surface area contributed by atoms with Crippen molar-refractivity contribution in [2.45, 2.75) is 26.2 Å². The van der Waals surface area contributed by atoms with Crippen LogP contribution in [0.5, 0.6) is 0 Å². The molecule has 0 radical (unpaired) electrons. The summed E-state index contributed by atoms with van der Waals surface area (Å²) in [6.45, 7) is 2.31. The topological polar surface area (TPSA) is 0 Å². The van der Waals surface area contributed by atoms with Gasteiger partial charge in [-0.25, -0.2) is 0 Å². The molecular formula is C15H16. The van der Waals surface area contributed by atoms with Crippen LogP contribution in [-0.4, -0.2) is 0 Å². The average Bonchev–Trinajstić information content (AvgIpc) is 2.28. The molecule has 76 valence electrons. The van der Waals surface area contributed by atoms with Crippen LogP contribution in [0.15, 0.2) is 42.0 Å². The minimum atomic E-state index is 0.731. The number of hydrogen-bond donors (Lipinski definition) is 0. The molecule has 1 aromatic rings. The molecule has 0 amide bonds. The Morgan fingerprint density at radius 3 is 2.93 bits per heavy atom. The van der Waals surface area contributed by atoms with Crippen LogP contribution in [0, 0.1) is 5.92 Å². The Morgan fingerprint density at radius 2 is 2.00 bits per heavy atom. The van der Waals surface area contributed by atoms with E-state index in [1.54, 1.807) is 5.57 Å². The minimum Gasteiger partial charge on any atom is -0.0808 e. The molecule has 2 aliphatic carbocycles. The molecule has 0 nitrogen and oxygen atoms in total. The first-order valence-electron chi connectivity index (χ1n) is 5.83. The zero-order valence-corrected chi connectivity index (χ0v) is 9.16. The van der Waals surface area contributed by atoms with Gasteiger partial charge in [0, 0.05) is 0 Å². The van der Waals surface area contributed by atoms with E-state index in [1.807, 2.05) is 0 Å². The van der Waals surface area contributed by atoms with E-state index in [9.17, 15) is 0 Å². The normalized spacial score (nSPS) is 23.7. The molecule has 2 aliphatic rings. The fourth-order valence-electron chi connectivity index (χ4n) is 2.75. The van der Waals surface area contributed by atoms with Crippen molar-refractivity contribution in [1.82, 2.24) is 0 Å². The summed E-state index contributed by atoms with van der Waals surface area (Å²) in [7, 11) is 0. The van der Waals surface area contributed by atoms with Crippen molar-refractivity contribution in [3.63, 3.8) is 0 Å².